The van der Waals surface area contributed by atoms with Crippen molar-refractivity contribution in [2.75, 3.05) is 11.9 Å². The van der Waals surface area contributed by atoms with Crippen LogP contribution < -0.4 is 16.4 Å². The zero-order valence-corrected chi connectivity index (χ0v) is 13.9. The monoisotopic (exact) mass is 368 g/mol. The number of rotatable bonds is 4. The number of hydrogen-bond acceptors (Lipinski definition) is 5. The van der Waals surface area contributed by atoms with Gasteiger partial charge in [-0.15, -0.1) is 5.10 Å². The molecule has 1 aromatic heterocycles. The Morgan fingerprint density at radius 3 is 2.58 bits per heavy atom. The smallest absolute Gasteiger partial charge is 0.388 e. The number of H-pyrrole nitrogens is 1. The highest BCUT2D eigenvalue weighted by molar-refractivity contribution is 5.65. The van der Waals surface area contributed by atoms with Gasteiger partial charge in [0.25, 0.3) is 0 Å². The van der Waals surface area contributed by atoms with Crippen molar-refractivity contribution >= 4 is 5.69 Å². The van der Waals surface area contributed by atoms with Gasteiger partial charge in [0.15, 0.2) is 0 Å². The fraction of sp³-hybridized carbons (Fsp3) is 0.529. The van der Waals surface area contributed by atoms with Gasteiger partial charge in [-0.05, 0) is 49.8 Å². The molecule has 140 valence electrons. The van der Waals surface area contributed by atoms with E-state index in [1.54, 1.807) is 0 Å². The van der Waals surface area contributed by atoms with Crippen LogP contribution in [0.4, 0.5) is 18.9 Å². The topological polar surface area (TPSA) is 83.0 Å². The molecule has 2 fully saturated rings. The van der Waals surface area contributed by atoms with Crippen LogP contribution in [0.5, 0.6) is 0 Å². The molecular weight excluding hydrogens is 349 g/mol. The second kappa shape index (κ2) is 6.46. The van der Waals surface area contributed by atoms with E-state index < -0.39 is 17.5 Å². The Labute approximate surface area is 147 Å². The fourth-order valence-corrected chi connectivity index (χ4v) is 4.02. The van der Waals surface area contributed by atoms with Crippen LogP contribution in [0.15, 0.2) is 27.4 Å². The van der Waals surface area contributed by atoms with Gasteiger partial charge in [0, 0.05) is 29.9 Å². The van der Waals surface area contributed by atoms with Crippen molar-refractivity contribution in [2.24, 2.45) is 5.92 Å². The van der Waals surface area contributed by atoms with Gasteiger partial charge >= 0.3 is 11.9 Å². The van der Waals surface area contributed by atoms with Crippen molar-refractivity contribution in [1.29, 1.82) is 0 Å². The third-order valence-electron chi connectivity index (χ3n) is 5.16. The molecular formula is C17H19F3N4O2. The average molecular weight is 368 g/mol. The minimum atomic E-state index is -4.47. The van der Waals surface area contributed by atoms with Gasteiger partial charge in [0.2, 0.25) is 5.89 Å². The van der Waals surface area contributed by atoms with Crippen LogP contribution in [0, 0.1) is 5.92 Å². The van der Waals surface area contributed by atoms with Gasteiger partial charge in [-0.2, -0.15) is 13.2 Å². The average Bonchev–Trinajstić information content (AvgIpc) is 3.17. The van der Waals surface area contributed by atoms with Gasteiger partial charge in [0.05, 0.1) is 5.56 Å². The minimum Gasteiger partial charge on any atom is -0.388 e. The number of aromatic amines is 1. The van der Waals surface area contributed by atoms with Crippen LogP contribution in [0.1, 0.15) is 31.2 Å². The van der Waals surface area contributed by atoms with Crippen molar-refractivity contribution < 1.29 is 17.6 Å². The summed E-state index contributed by atoms with van der Waals surface area (Å²) in [4.78, 5) is 11.1. The minimum absolute atomic E-state index is 0.0217. The third-order valence-corrected chi connectivity index (χ3v) is 5.16. The van der Waals surface area contributed by atoms with E-state index >= 15 is 0 Å². The molecule has 1 aromatic carbocycles. The van der Waals surface area contributed by atoms with E-state index in [1.807, 2.05) is 0 Å². The third kappa shape index (κ3) is 3.48. The summed E-state index contributed by atoms with van der Waals surface area (Å²) in [6.07, 6.45) is -0.247. The molecule has 0 radical (unpaired) electrons. The Balaban J connectivity index is 1.56. The molecule has 26 heavy (non-hydrogen) atoms. The predicted octanol–water partition coefficient (Wildman–Crippen LogP) is 2.99. The molecule has 2 aromatic rings. The molecule has 2 saturated heterocycles. The summed E-state index contributed by atoms with van der Waals surface area (Å²) in [6, 6.07) is 4.52. The van der Waals surface area contributed by atoms with Crippen molar-refractivity contribution in [3.05, 3.63) is 34.3 Å². The lowest BCUT2D eigenvalue weighted by Gasteiger charge is -2.29. The van der Waals surface area contributed by atoms with E-state index in [2.05, 4.69) is 20.8 Å². The quantitative estimate of drug-likeness (QED) is 0.773. The molecule has 0 amide bonds. The Morgan fingerprint density at radius 1 is 1.23 bits per heavy atom. The Bertz CT molecular complexity index is 833. The Hall–Kier alpha value is -2.29. The molecule has 2 atom stereocenters. The van der Waals surface area contributed by atoms with Crippen LogP contribution in [0.25, 0.3) is 11.5 Å². The normalized spacial score (nSPS) is 25.4. The van der Waals surface area contributed by atoms with E-state index in [9.17, 15) is 18.0 Å². The number of nitrogens with one attached hydrogen (secondary N) is 3. The Morgan fingerprint density at radius 2 is 1.96 bits per heavy atom. The summed E-state index contributed by atoms with van der Waals surface area (Å²) >= 11 is 0. The lowest BCUT2D eigenvalue weighted by atomic mass is 9.92. The molecule has 2 unspecified atom stereocenters. The van der Waals surface area contributed by atoms with Gasteiger partial charge in [-0.25, -0.2) is 9.89 Å². The SMILES string of the molecule is O=c1[nH]nc(-c2ccc(C(F)(F)F)c(NCC3CC4CCC(C3)N4)c2)o1. The molecule has 4 rings (SSSR count). The highest BCUT2D eigenvalue weighted by Gasteiger charge is 2.35. The molecule has 0 aliphatic carbocycles. The fourth-order valence-electron chi connectivity index (χ4n) is 4.02. The highest BCUT2D eigenvalue weighted by Crippen LogP contribution is 2.38. The summed E-state index contributed by atoms with van der Waals surface area (Å²) in [5, 5.41) is 12.3. The maximum absolute atomic E-state index is 13.3. The molecule has 6 nitrogen and oxygen atoms in total. The number of benzene rings is 1. The summed E-state index contributed by atoms with van der Waals surface area (Å²) in [6.45, 7) is 0.478. The van der Waals surface area contributed by atoms with E-state index in [1.165, 1.54) is 12.1 Å². The first-order chi connectivity index (χ1) is 12.4. The number of piperidine rings is 1. The van der Waals surface area contributed by atoms with Crippen molar-refractivity contribution in [3.63, 3.8) is 0 Å². The summed E-state index contributed by atoms with van der Waals surface area (Å²) in [5.41, 5.74) is -0.452. The van der Waals surface area contributed by atoms with Crippen LogP contribution >= 0.6 is 0 Å². The van der Waals surface area contributed by atoms with E-state index in [4.69, 9.17) is 4.42 Å². The number of alkyl halides is 3. The lowest BCUT2D eigenvalue weighted by molar-refractivity contribution is -0.136. The van der Waals surface area contributed by atoms with Gasteiger partial charge in [0.1, 0.15) is 0 Å². The van der Waals surface area contributed by atoms with E-state index in [0.29, 0.717) is 30.1 Å². The number of halogens is 3. The second-order valence-corrected chi connectivity index (χ2v) is 7.03. The molecule has 2 aliphatic rings. The predicted molar refractivity (Wildman–Crippen MR) is 88.7 cm³/mol. The summed E-state index contributed by atoms with van der Waals surface area (Å²) in [5.74, 6) is -0.451. The first-order valence-corrected chi connectivity index (χ1v) is 8.65. The lowest BCUT2D eigenvalue weighted by Crippen LogP contribution is -2.40. The van der Waals surface area contributed by atoms with Crippen molar-refractivity contribution in [1.82, 2.24) is 15.5 Å². The molecule has 9 heteroatoms. The molecule has 2 bridgehead atoms. The second-order valence-electron chi connectivity index (χ2n) is 7.03. The van der Waals surface area contributed by atoms with Crippen molar-refractivity contribution in [3.8, 4) is 11.5 Å². The highest BCUT2D eigenvalue weighted by atomic mass is 19.4. The van der Waals surface area contributed by atoms with Crippen LogP contribution in [-0.4, -0.2) is 28.8 Å². The molecule has 2 aliphatic heterocycles. The number of fused-ring (bicyclic) bond motifs is 2. The zero-order chi connectivity index (χ0) is 18.3. The first-order valence-electron chi connectivity index (χ1n) is 8.65. The summed E-state index contributed by atoms with van der Waals surface area (Å²) in [7, 11) is 0. The molecule has 0 spiro atoms. The standard InChI is InChI=1S/C17H19F3N4O2/c18-17(19,20)13-4-1-10(15-23-24-16(25)26-15)7-14(13)21-8-9-5-11-2-3-12(6-9)22-11/h1,4,7,9,11-12,21-22H,2-3,5-6,8H2,(H,24,25). The molecule has 0 saturated carbocycles. The first kappa shape index (κ1) is 17.1. The maximum atomic E-state index is 13.3. The van der Waals surface area contributed by atoms with Gasteiger partial charge in [-0.1, -0.05) is 0 Å². The van der Waals surface area contributed by atoms with Crippen LogP contribution in [-0.2, 0) is 6.18 Å². The van der Waals surface area contributed by atoms with E-state index in [-0.39, 0.29) is 11.6 Å². The van der Waals surface area contributed by atoms with E-state index in [0.717, 1.165) is 31.7 Å². The number of hydrogen-bond donors (Lipinski definition) is 3. The molecule has 3 N–H and O–H groups in total. The number of nitrogens with zero attached hydrogens (tertiary/aromatic N) is 1. The molecule has 3 heterocycles. The summed E-state index contributed by atoms with van der Waals surface area (Å²) < 4.78 is 44.9. The largest absolute Gasteiger partial charge is 0.434 e. The van der Waals surface area contributed by atoms with Crippen molar-refractivity contribution in [2.45, 2.75) is 43.9 Å². The maximum Gasteiger partial charge on any atom is 0.434 e. The number of aromatic nitrogens is 2. The zero-order valence-electron chi connectivity index (χ0n) is 13.9. The van der Waals surface area contributed by atoms with Crippen LogP contribution in [0.3, 0.4) is 0 Å². The van der Waals surface area contributed by atoms with Crippen LogP contribution in [0.2, 0.25) is 0 Å². The Kier molecular flexibility index (Phi) is 4.26. The van der Waals surface area contributed by atoms with Gasteiger partial charge < -0.3 is 15.1 Å². The van der Waals surface area contributed by atoms with Gasteiger partial charge in [-0.3, -0.25) is 0 Å². The number of anilines is 1.